The second-order valence-corrected chi connectivity index (χ2v) is 5.43. The van der Waals surface area contributed by atoms with E-state index in [0.717, 1.165) is 15.8 Å². The van der Waals surface area contributed by atoms with Crippen molar-refractivity contribution in [2.45, 2.75) is 6.92 Å². The number of amides is 1. The van der Waals surface area contributed by atoms with Crippen LogP contribution in [0.1, 0.15) is 12.5 Å². The molecule has 0 unspecified atom stereocenters. The number of rotatable bonds is 7. The molecule has 1 N–H and O–H groups in total. The Hall–Kier alpha value is -2.34. The number of hydrogen-bond donors (Lipinski definition) is 1. The predicted molar refractivity (Wildman–Crippen MR) is 93.0 cm³/mol. The second-order valence-electron chi connectivity index (χ2n) is 4.51. The number of para-hydroxylation sites is 1. The normalized spacial score (nSPS) is 10.5. The van der Waals surface area contributed by atoms with E-state index in [2.05, 4.69) is 26.5 Å². The molecule has 0 atom stereocenters. The van der Waals surface area contributed by atoms with Crippen molar-refractivity contribution in [1.29, 1.82) is 0 Å². The summed E-state index contributed by atoms with van der Waals surface area (Å²) in [7, 11) is 0. The van der Waals surface area contributed by atoms with Crippen molar-refractivity contribution < 1.29 is 14.3 Å². The highest BCUT2D eigenvalue weighted by Crippen LogP contribution is 2.17. The van der Waals surface area contributed by atoms with Crippen LogP contribution in [0.25, 0.3) is 0 Å². The SMILES string of the molecule is CCOc1ccccc1C=NNC(=O)COc1cccc(Br)c1. The monoisotopic (exact) mass is 376 g/mol. The third-order valence-electron chi connectivity index (χ3n) is 2.78. The van der Waals surface area contributed by atoms with E-state index < -0.39 is 0 Å². The minimum atomic E-state index is -0.338. The number of carbonyl (C=O) groups is 1. The molecule has 23 heavy (non-hydrogen) atoms. The van der Waals surface area contributed by atoms with E-state index in [0.29, 0.717) is 12.4 Å². The van der Waals surface area contributed by atoms with Crippen LogP contribution in [-0.4, -0.2) is 25.3 Å². The van der Waals surface area contributed by atoms with Crippen molar-refractivity contribution >= 4 is 28.1 Å². The quantitative estimate of drug-likeness (QED) is 0.595. The summed E-state index contributed by atoms with van der Waals surface area (Å²) in [4.78, 5) is 11.7. The molecular formula is C17H17BrN2O3. The molecule has 0 fully saturated rings. The van der Waals surface area contributed by atoms with Gasteiger partial charge in [-0.05, 0) is 37.3 Å². The molecule has 0 spiro atoms. The van der Waals surface area contributed by atoms with Crippen LogP contribution in [0.2, 0.25) is 0 Å². The number of halogens is 1. The lowest BCUT2D eigenvalue weighted by atomic mass is 10.2. The third kappa shape index (κ3) is 5.75. The summed E-state index contributed by atoms with van der Waals surface area (Å²) in [6.45, 7) is 2.37. The van der Waals surface area contributed by atoms with Gasteiger partial charge in [-0.1, -0.05) is 34.1 Å². The molecule has 2 rings (SSSR count). The molecule has 0 aliphatic rings. The summed E-state index contributed by atoms with van der Waals surface area (Å²) in [5.74, 6) is 0.994. The lowest BCUT2D eigenvalue weighted by Gasteiger charge is -2.06. The highest BCUT2D eigenvalue weighted by atomic mass is 79.9. The molecule has 1 amide bonds. The van der Waals surface area contributed by atoms with Crippen molar-refractivity contribution in [2.24, 2.45) is 5.10 Å². The Bertz CT molecular complexity index is 689. The van der Waals surface area contributed by atoms with E-state index in [4.69, 9.17) is 9.47 Å². The van der Waals surface area contributed by atoms with Gasteiger partial charge < -0.3 is 9.47 Å². The fourth-order valence-electron chi connectivity index (χ4n) is 1.79. The fraction of sp³-hybridized carbons (Fsp3) is 0.176. The van der Waals surface area contributed by atoms with E-state index in [-0.39, 0.29) is 12.5 Å². The molecule has 2 aromatic rings. The van der Waals surface area contributed by atoms with Gasteiger partial charge in [-0.25, -0.2) is 5.43 Å². The van der Waals surface area contributed by atoms with E-state index in [1.807, 2.05) is 43.3 Å². The van der Waals surface area contributed by atoms with Gasteiger partial charge in [0.2, 0.25) is 0 Å². The van der Waals surface area contributed by atoms with Crippen LogP contribution in [0.3, 0.4) is 0 Å². The lowest BCUT2D eigenvalue weighted by molar-refractivity contribution is -0.123. The summed E-state index contributed by atoms with van der Waals surface area (Å²) < 4.78 is 11.7. The van der Waals surface area contributed by atoms with Crippen molar-refractivity contribution in [3.8, 4) is 11.5 Å². The molecule has 0 bridgehead atoms. The Morgan fingerprint density at radius 1 is 1.22 bits per heavy atom. The zero-order valence-corrected chi connectivity index (χ0v) is 14.2. The van der Waals surface area contributed by atoms with Crippen molar-refractivity contribution in [2.75, 3.05) is 13.2 Å². The van der Waals surface area contributed by atoms with E-state index in [9.17, 15) is 4.79 Å². The van der Waals surface area contributed by atoms with Crippen LogP contribution in [0, 0.1) is 0 Å². The van der Waals surface area contributed by atoms with Gasteiger partial charge in [-0.3, -0.25) is 4.79 Å². The lowest BCUT2D eigenvalue weighted by Crippen LogP contribution is -2.24. The first-order valence-corrected chi connectivity index (χ1v) is 7.90. The second kappa shape index (κ2) is 8.95. The molecule has 0 radical (unpaired) electrons. The first-order chi connectivity index (χ1) is 11.2. The summed E-state index contributed by atoms with van der Waals surface area (Å²) in [5.41, 5.74) is 3.22. The zero-order chi connectivity index (χ0) is 16.5. The maximum absolute atomic E-state index is 11.7. The van der Waals surface area contributed by atoms with E-state index in [1.165, 1.54) is 0 Å². The number of hydrazone groups is 1. The molecule has 120 valence electrons. The molecule has 0 aliphatic heterocycles. The minimum absolute atomic E-state index is 0.110. The summed E-state index contributed by atoms with van der Waals surface area (Å²) in [6, 6.07) is 14.7. The maximum atomic E-state index is 11.7. The summed E-state index contributed by atoms with van der Waals surface area (Å²) in [5, 5.41) is 3.92. The predicted octanol–water partition coefficient (Wildman–Crippen LogP) is 3.38. The summed E-state index contributed by atoms with van der Waals surface area (Å²) >= 11 is 3.34. The molecule has 5 nitrogen and oxygen atoms in total. The molecule has 0 aliphatic carbocycles. The minimum Gasteiger partial charge on any atom is -0.493 e. The number of carbonyl (C=O) groups excluding carboxylic acids is 1. The topological polar surface area (TPSA) is 59.9 Å². The standard InChI is InChI=1S/C17H17BrN2O3/c1-2-22-16-9-4-3-6-13(16)11-19-20-17(21)12-23-15-8-5-7-14(18)10-15/h3-11H,2,12H2,1H3,(H,20,21). The van der Waals surface area contributed by atoms with Gasteiger partial charge in [0.15, 0.2) is 6.61 Å². The molecule has 0 heterocycles. The molecule has 0 saturated heterocycles. The Balaban J connectivity index is 1.84. The molecule has 0 saturated carbocycles. The zero-order valence-electron chi connectivity index (χ0n) is 12.7. The average Bonchev–Trinajstić information content (AvgIpc) is 2.55. The van der Waals surface area contributed by atoms with Gasteiger partial charge in [0.25, 0.3) is 5.91 Å². The number of nitrogens with zero attached hydrogens (tertiary/aromatic N) is 1. The number of ether oxygens (including phenoxy) is 2. The van der Waals surface area contributed by atoms with Crippen LogP contribution >= 0.6 is 15.9 Å². The number of nitrogens with one attached hydrogen (secondary N) is 1. The van der Waals surface area contributed by atoms with Crippen molar-refractivity contribution in [3.05, 3.63) is 58.6 Å². The first kappa shape index (κ1) is 17.0. The largest absolute Gasteiger partial charge is 0.493 e. The van der Waals surface area contributed by atoms with Crippen molar-refractivity contribution in [3.63, 3.8) is 0 Å². The van der Waals surface area contributed by atoms with Gasteiger partial charge in [-0.2, -0.15) is 5.10 Å². The molecule has 2 aromatic carbocycles. The van der Waals surface area contributed by atoms with Gasteiger partial charge in [-0.15, -0.1) is 0 Å². The summed E-state index contributed by atoms with van der Waals surface area (Å²) in [6.07, 6.45) is 1.54. The van der Waals surface area contributed by atoms with Gasteiger partial charge in [0.05, 0.1) is 12.8 Å². The van der Waals surface area contributed by atoms with Gasteiger partial charge in [0, 0.05) is 10.0 Å². The Morgan fingerprint density at radius 3 is 2.83 bits per heavy atom. The highest BCUT2D eigenvalue weighted by molar-refractivity contribution is 9.10. The smallest absolute Gasteiger partial charge is 0.277 e. The van der Waals surface area contributed by atoms with Gasteiger partial charge in [0.1, 0.15) is 11.5 Å². The fourth-order valence-corrected chi connectivity index (χ4v) is 2.16. The Labute approximate surface area is 143 Å². The molecule has 6 heteroatoms. The number of hydrogen-bond acceptors (Lipinski definition) is 4. The van der Waals surface area contributed by atoms with Crippen LogP contribution < -0.4 is 14.9 Å². The third-order valence-corrected chi connectivity index (χ3v) is 3.27. The Kier molecular flexibility index (Phi) is 6.62. The van der Waals surface area contributed by atoms with Crippen LogP contribution in [0.5, 0.6) is 11.5 Å². The Morgan fingerprint density at radius 2 is 2.04 bits per heavy atom. The van der Waals surface area contributed by atoms with E-state index in [1.54, 1.807) is 18.3 Å². The van der Waals surface area contributed by atoms with Crippen LogP contribution in [-0.2, 0) is 4.79 Å². The average molecular weight is 377 g/mol. The molecule has 0 aromatic heterocycles. The van der Waals surface area contributed by atoms with E-state index >= 15 is 0 Å². The first-order valence-electron chi connectivity index (χ1n) is 7.11. The van der Waals surface area contributed by atoms with Crippen LogP contribution in [0.4, 0.5) is 0 Å². The molecular weight excluding hydrogens is 360 g/mol. The van der Waals surface area contributed by atoms with Gasteiger partial charge >= 0.3 is 0 Å². The highest BCUT2D eigenvalue weighted by Gasteiger charge is 2.03. The van der Waals surface area contributed by atoms with Crippen LogP contribution in [0.15, 0.2) is 58.1 Å². The van der Waals surface area contributed by atoms with Crippen molar-refractivity contribution in [1.82, 2.24) is 5.43 Å². The number of benzene rings is 2. The maximum Gasteiger partial charge on any atom is 0.277 e.